The minimum Gasteiger partial charge on any atom is -0.370 e. The summed E-state index contributed by atoms with van der Waals surface area (Å²) in [7, 11) is 0. The Bertz CT molecular complexity index is 188. The number of alkyl halides is 2. The summed E-state index contributed by atoms with van der Waals surface area (Å²) in [6, 6.07) is 0.324. The van der Waals surface area contributed by atoms with Gasteiger partial charge in [0, 0.05) is 6.04 Å². The van der Waals surface area contributed by atoms with E-state index in [1.165, 1.54) is 19.3 Å². The number of nitrogens with one attached hydrogen (secondary N) is 1. The predicted molar refractivity (Wildman–Crippen MR) is 52.5 cm³/mol. The number of nitrogens with two attached hydrogens (primary N) is 1. The molecule has 1 aliphatic carbocycles. The van der Waals surface area contributed by atoms with Crippen molar-refractivity contribution < 1.29 is 8.78 Å². The van der Waals surface area contributed by atoms with E-state index in [0.717, 1.165) is 12.8 Å². The van der Waals surface area contributed by atoms with Crippen LogP contribution in [0.15, 0.2) is 4.99 Å². The van der Waals surface area contributed by atoms with Crippen LogP contribution < -0.4 is 11.1 Å². The number of rotatable bonds is 3. The van der Waals surface area contributed by atoms with Gasteiger partial charge in [-0.15, -0.1) is 0 Å². The maximum Gasteiger partial charge on any atom is 0.257 e. The van der Waals surface area contributed by atoms with Gasteiger partial charge in [-0.2, -0.15) is 0 Å². The van der Waals surface area contributed by atoms with E-state index < -0.39 is 13.0 Å². The fourth-order valence-corrected chi connectivity index (χ4v) is 1.67. The molecule has 0 aromatic rings. The van der Waals surface area contributed by atoms with Crippen molar-refractivity contribution >= 4 is 5.96 Å². The van der Waals surface area contributed by atoms with Gasteiger partial charge in [0.1, 0.15) is 6.54 Å². The minimum absolute atomic E-state index is 0.150. The van der Waals surface area contributed by atoms with Gasteiger partial charge in [0.05, 0.1) is 0 Å². The summed E-state index contributed by atoms with van der Waals surface area (Å²) in [5.74, 6) is 0.150. The maximum absolute atomic E-state index is 11.8. The Morgan fingerprint density at radius 2 is 2.00 bits per heavy atom. The molecule has 1 fully saturated rings. The highest BCUT2D eigenvalue weighted by atomic mass is 19.3. The van der Waals surface area contributed by atoms with E-state index in [-0.39, 0.29) is 5.96 Å². The van der Waals surface area contributed by atoms with E-state index in [2.05, 4.69) is 10.3 Å². The first-order valence-electron chi connectivity index (χ1n) is 5.03. The van der Waals surface area contributed by atoms with Crippen molar-refractivity contribution in [1.29, 1.82) is 0 Å². The molecule has 1 rings (SSSR count). The third-order valence-electron chi connectivity index (χ3n) is 2.36. The molecule has 0 amide bonds. The Labute approximate surface area is 82.8 Å². The van der Waals surface area contributed by atoms with Crippen LogP contribution in [-0.2, 0) is 0 Å². The van der Waals surface area contributed by atoms with E-state index in [0.29, 0.717) is 6.04 Å². The largest absolute Gasteiger partial charge is 0.370 e. The molecule has 82 valence electrons. The zero-order valence-electron chi connectivity index (χ0n) is 8.18. The van der Waals surface area contributed by atoms with Crippen LogP contribution >= 0.6 is 0 Å². The molecule has 3 N–H and O–H groups in total. The van der Waals surface area contributed by atoms with Gasteiger partial charge in [-0.25, -0.2) is 13.8 Å². The molecule has 0 heterocycles. The van der Waals surface area contributed by atoms with Gasteiger partial charge < -0.3 is 11.1 Å². The third kappa shape index (κ3) is 4.39. The van der Waals surface area contributed by atoms with Gasteiger partial charge in [-0.05, 0) is 12.8 Å². The molecular formula is C9H17F2N3. The van der Waals surface area contributed by atoms with Crippen LogP contribution in [0, 0.1) is 0 Å². The lowest BCUT2D eigenvalue weighted by Gasteiger charge is -2.23. The first kappa shape index (κ1) is 11.2. The number of nitrogens with zero attached hydrogens (tertiary/aromatic N) is 1. The van der Waals surface area contributed by atoms with Crippen molar-refractivity contribution in [3.63, 3.8) is 0 Å². The molecule has 1 aliphatic rings. The smallest absolute Gasteiger partial charge is 0.257 e. The molecule has 0 aliphatic heterocycles. The van der Waals surface area contributed by atoms with Gasteiger partial charge in [0.25, 0.3) is 6.43 Å². The molecule has 0 spiro atoms. The molecule has 1 saturated carbocycles. The number of aliphatic imine (C=N–C) groups is 1. The number of guanidine groups is 1. The molecule has 3 nitrogen and oxygen atoms in total. The van der Waals surface area contributed by atoms with Crippen LogP contribution in [-0.4, -0.2) is 25.0 Å². The molecule has 0 aromatic carbocycles. The summed E-state index contributed by atoms with van der Waals surface area (Å²) in [6.07, 6.45) is 3.32. The lowest BCUT2D eigenvalue weighted by Crippen LogP contribution is -2.41. The lowest BCUT2D eigenvalue weighted by atomic mass is 9.96. The highest BCUT2D eigenvalue weighted by Crippen LogP contribution is 2.16. The van der Waals surface area contributed by atoms with Crippen molar-refractivity contribution in [3.8, 4) is 0 Å². The second-order valence-corrected chi connectivity index (χ2v) is 3.60. The summed E-state index contributed by atoms with van der Waals surface area (Å²) < 4.78 is 23.6. The van der Waals surface area contributed by atoms with Gasteiger partial charge >= 0.3 is 0 Å². The average Bonchev–Trinajstić information content (AvgIpc) is 2.16. The average molecular weight is 205 g/mol. The Hall–Kier alpha value is -0.870. The monoisotopic (exact) mass is 205 g/mol. The van der Waals surface area contributed by atoms with Gasteiger partial charge in [-0.1, -0.05) is 19.3 Å². The molecule has 14 heavy (non-hydrogen) atoms. The minimum atomic E-state index is -2.42. The second-order valence-electron chi connectivity index (χ2n) is 3.60. The summed E-state index contributed by atoms with van der Waals surface area (Å²) in [5.41, 5.74) is 5.46. The molecule has 0 bridgehead atoms. The van der Waals surface area contributed by atoms with Crippen LogP contribution in [0.1, 0.15) is 32.1 Å². The second kappa shape index (κ2) is 5.78. The fraction of sp³-hybridized carbons (Fsp3) is 0.889. The SMILES string of the molecule is NC(=NCC(F)F)NC1CCCCC1. The molecule has 0 unspecified atom stereocenters. The molecule has 0 saturated heterocycles. The summed E-state index contributed by atoms with van der Waals surface area (Å²) >= 11 is 0. The molecule has 0 atom stereocenters. The lowest BCUT2D eigenvalue weighted by molar-refractivity contribution is 0.158. The van der Waals surface area contributed by atoms with Crippen LogP contribution in [0.4, 0.5) is 8.78 Å². The van der Waals surface area contributed by atoms with Crippen LogP contribution in [0.5, 0.6) is 0 Å². The molecular weight excluding hydrogens is 188 g/mol. The third-order valence-corrected chi connectivity index (χ3v) is 2.36. The van der Waals surface area contributed by atoms with Crippen LogP contribution in [0.3, 0.4) is 0 Å². The van der Waals surface area contributed by atoms with Crippen molar-refractivity contribution in [2.45, 2.75) is 44.6 Å². The first-order chi connectivity index (χ1) is 6.68. The summed E-state index contributed by atoms with van der Waals surface area (Å²) in [5, 5.41) is 2.97. The van der Waals surface area contributed by atoms with E-state index in [9.17, 15) is 8.78 Å². The first-order valence-corrected chi connectivity index (χ1v) is 5.03. The Kier molecular flexibility index (Phi) is 4.62. The Morgan fingerprint density at radius 1 is 1.36 bits per heavy atom. The Morgan fingerprint density at radius 3 is 2.57 bits per heavy atom. The number of hydrogen-bond acceptors (Lipinski definition) is 1. The zero-order valence-corrected chi connectivity index (χ0v) is 8.18. The van der Waals surface area contributed by atoms with Crippen molar-refractivity contribution in [2.24, 2.45) is 10.7 Å². The predicted octanol–water partition coefficient (Wildman–Crippen LogP) is 1.49. The van der Waals surface area contributed by atoms with Crippen molar-refractivity contribution in [1.82, 2.24) is 5.32 Å². The highest BCUT2D eigenvalue weighted by molar-refractivity contribution is 5.78. The van der Waals surface area contributed by atoms with Gasteiger partial charge in [-0.3, -0.25) is 0 Å². The standard InChI is InChI=1S/C9H17F2N3/c10-8(11)6-13-9(12)14-7-4-2-1-3-5-7/h7-8H,1-6H2,(H3,12,13,14). The summed E-state index contributed by atoms with van der Waals surface area (Å²) in [4.78, 5) is 3.55. The molecule has 5 heteroatoms. The van der Waals surface area contributed by atoms with Crippen molar-refractivity contribution in [3.05, 3.63) is 0 Å². The molecule has 0 aromatic heterocycles. The van der Waals surface area contributed by atoms with Gasteiger partial charge in [0.2, 0.25) is 0 Å². The fourth-order valence-electron chi connectivity index (χ4n) is 1.67. The van der Waals surface area contributed by atoms with E-state index in [4.69, 9.17) is 5.73 Å². The topological polar surface area (TPSA) is 50.4 Å². The van der Waals surface area contributed by atoms with E-state index >= 15 is 0 Å². The number of halogens is 2. The van der Waals surface area contributed by atoms with Crippen molar-refractivity contribution in [2.75, 3.05) is 6.54 Å². The van der Waals surface area contributed by atoms with Gasteiger partial charge in [0.15, 0.2) is 5.96 Å². The van der Waals surface area contributed by atoms with Crippen LogP contribution in [0.2, 0.25) is 0 Å². The number of hydrogen-bond donors (Lipinski definition) is 2. The van der Waals surface area contributed by atoms with Crippen LogP contribution in [0.25, 0.3) is 0 Å². The van der Waals surface area contributed by atoms with E-state index in [1.807, 2.05) is 0 Å². The van der Waals surface area contributed by atoms with E-state index in [1.54, 1.807) is 0 Å². The molecule has 0 radical (unpaired) electrons. The normalized spacial score (nSPS) is 20.1. The quantitative estimate of drug-likeness (QED) is 0.541. The maximum atomic E-state index is 11.8. The zero-order chi connectivity index (χ0) is 10.4. The Balaban J connectivity index is 2.24. The summed E-state index contributed by atoms with van der Waals surface area (Å²) in [6.45, 7) is -0.508. The highest BCUT2D eigenvalue weighted by Gasteiger charge is 2.13.